The molecule has 27 heavy (non-hydrogen) atoms. The molecule has 2 aromatic carbocycles. The Balaban J connectivity index is 2.38. The third kappa shape index (κ3) is 5.35. The number of esters is 1. The van der Waals surface area contributed by atoms with Gasteiger partial charge in [0.25, 0.3) is 10.0 Å². The van der Waals surface area contributed by atoms with E-state index < -0.39 is 16.0 Å². The molecule has 0 aromatic heterocycles. The molecule has 0 aliphatic heterocycles. The second-order valence-corrected chi connectivity index (χ2v) is 7.11. The summed E-state index contributed by atoms with van der Waals surface area (Å²) in [6.45, 7) is 0.795. The molecule has 0 aliphatic rings. The Hall–Kier alpha value is -2.78. The molecule has 0 fully saturated rings. The lowest BCUT2D eigenvalue weighted by Gasteiger charge is -2.15. The maximum atomic E-state index is 12.9. The van der Waals surface area contributed by atoms with Crippen LogP contribution >= 0.6 is 0 Å². The molecule has 0 atom stereocenters. The van der Waals surface area contributed by atoms with Crippen LogP contribution in [0.5, 0.6) is 5.75 Å². The van der Waals surface area contributed by atoms with Gasteiger partial charge in [0, 0.05) is 19.3 Å². The van der Waals surface area contributed by atoms with Crippen LogP contribution in [-0.2, 0) is 19.5 Å². The van der Waals surface area contributed by atoms with Crippen molar-refractivity contribution in [1.29, 1.82) is 0 Å². The van der Waals surface area contributed by atoms with Gasteiger partial charge in [0.15, 0.2) is 0 Å². The van der Waals surface area contributed by atoms with Gasteiger partial charge < -0.3 is 19.5 Å². The molecule has 0 heterocycles. The fourth-order valence-electron chi connectivity index (χ4n) is 2.29. The molecular weight excluding hydrogens is 372 g/mol. The Bertz CT molecular complexity index is 881. The average Bonchev–Trinajstić information content (AvgIpc) is 2.68. The number of nitrogens with one attached hydrogen (secondary N) is 2. The molecule has 0 unspecified atom stereocenters. The normalized spacial score (nSPS) is 10.9. The number of ether oxygens (including phenoxy) is 3. The fraction of sp³-hybridized carbons (Fsp3) is 0.278. The van der Waals surface area contributed by atoms with Crippen molar-refractivity contribution in [2.24, 2.45) is 0 Å². The molecule has 2 rings (SSSR count). The minimum atomic E-state index is -3.97. The second kappa shape index (κ2) is 9.24. The van der Waals surface area contributed by atoms with Crippen LogP contribution in [0.25, 0.3) is 0 Å². The van der Waals surface area contributed by atoms with E-state index in [0.29, 0.717) is 30.3 Å². The molecular formula is C18H22N2O6S. The molecule has 2 N–H and O–H groups in total. The number of rotatable bonds is 9. The van der Waals surface area contributed by atoms with Crippen molar-refractivity contribution in [2.75, 3.05) is 44.5 Å². The van der Waals surface area contributed by atoms with Crippen LogP contribution < -0.4 is 14.8 Å². The number of sulfonamides is 1. The van der Waals surface area contributed by atoms with Crippen molar-refractivity contribution < 1.29 is 27.4 Å². The molecule has 0 saturated heterocycles. The highest BCUT2D eigenvalue weighted by Crippen LogP contribution is 2.26. The summed E-state index contributed by atoms with van der Waals surface area (Å²) >= 11 is 0. The highest BCUT2D eigenvalue weighted by molar-refractivity contribution is 7.92. The van der Waals surface area contributed by atoms with Gasteiger partial charge in [-0.05, 0) is 42.5 Å². The van der Waals surface area contributed by atoms with Crippen molar-refractivity contribution in [3.8, 4) is 5.75 Å². The van der Waals surface area contributed by atoms with E-state index in [1.165, 1.54) is 32.4 Å². The van der Waals surface area contributed by atoms with E-state index in [1.54, 1.807) is 31.4 Å². The first-order valence-corrected chi connectivity index (χ1v) is 9.51. The number of hydrogen-bond acceptors (Lipinski definition) is 7. The molecule has 0 spiro atoms. The number of benzene rings is 2. The van der Waals surface area contributed by atoms with Gasteiger partial charge in [0.1, 0.15) is 10.6 Å². The monoisotopic (exact) mass is 394 g/mol. The van der Waals surface area contributed by atoms with Gasteiger partial charge in [0.05, 0.1) is 32.1 Å². The number of anilines is 2. The average molecular weight is 394 g/mol. The first kappa shape index (κ1) is 20.5. The summed E-state index contributed by atoms with van der Waals surface area (Å²) in [6, 6.07) is 10.7. The standard InChI is InChI=1S/C18H22N2O6S/c1-24-11-10-19-16-9-4-13(18(21)26-3)12-17(16)27(22,23)20-14-5-7-15(25-2)8-6-14/h4-9,12,19-20H,10-11H2,1-3H3. The largest absolute Gasteiger partial charge is 0.497 e. The summed E-state index contributed by atoms with van der Waals surface area (Å²) in [6.07, 6.45) is 0. The smallest absolute Gasteiger partial charge is 0.337 e. The Morgan fingerprint density at radius 2 is 1.74 bits per heavy atom. The first-order valence-electron chi connectivity index (χ1n) is 8.03. The fourth-order valence-corrected chi connectivity index (χ4v) is 3.56. The van der Waals surface area contributed by atoms with E-state index in [-0.39, 0.29) is 10.5 Å². The maximum absolute atomic E-state index is 12.9. The van der Waals surface area contributed by atoms with E-state index in [0.717, 1.165) is 0 Å². The zero-order valence-electron chi connectivity index (χ0n) is 15.3. The lowest BCUT2D eigenvalue weighted by Crippen LogP contribution is -2.18. The molecule has 2 aromatic rings. The summed E-state index contributed by atoms with van der Waals surface area (Å²) in [5.74, 6) is -0.0214. The minimum Gasteiger partial charge on any atom is -0.497 e. The Labute approximate surface area is 158 Å². The Morgan fingerprint density at radius 1 is 1.04 bits per heavy atom. The minimum absolute atomic E-state index is 0.0719. The summed E-state index contributed by atoms with van der Waals surface area (Å²) in [5.41, 5.74) is 0.840. The molecule has 0 saturated carbocycles. The van der Waals surface area contributed by atoms with E-state index in [9.17, 15) is 13.2 Å². The zero-order chi connectivity index (χ0) is 19.9. The number of hydrogen-bond donors (Lipinski definition) is 2. The quantitative estimate of drug-likeness (QED) is 0.497. The SMILES string of the molecule is COCCNc1ccc(C(=O)OC)cc1S(=O)(=O)Nc1ccc(OC)cc1. The lowest BCUT2D eigenvalue weighted by molar-refractivity contribution is 0.0600. The summed E-state index contributed by atoms with van der Waals surface area (Å²) in [4.78, 5) is 11.7. The molecule has 0 amide bonds. The van der Waals surface area contributed by atoms with Gasteiger partial charge in [-0.1, -0.05) is 0 Å². The molecule has 0 radical (unpaired) electrons. The molecule has 146 valence electrons. The number of carbonyl (C=O) groups is 1. The predicted octanol–water partition coefficient (Wildman–Crippen LogP) is 2.34. The van der Waals surface area contributed by atoms with Crippen LogP contribution in [0.1, 0.15) is 10.4 Å². The maximum Gasteiger partial charge on any atom is 0.337 e. The predicted molar refractivity (Wildman–Crippen MR) is 102 cm³/mol. The third-order valence-corrected chi connectivity index (χ3v) is 5.08. The van der Waals surface area contributed by atoms with Crippen molar-refractivity contribution in [3.63, 3.8) is 0 Å². The topological polar surface area (TPSA) is 103 Å². The van der Waals surface area contributed by atoms with Crippen molar-refractivity contribution in [1.82, 2.24) is 0 Å². The van der Waals surface area contributed by atoms with Gasteiger partial charge in [0.2, 0.25) is 0 Å². The summed E-state index contributed by atoms with van der Waals surface area (Å²) in [7, 11) is 0.336. The van der Waals surface area contributed by atoms with Crippen molar-refractivity contribution in [3.05, 3.63) is 48.0 Å². The van der Waals surface area contributed by atoms with Crippen molar-refractivity contribution in [2.45, 2.75) is 4.90 Å². The van der Waals surface area contributed by atoms with Gasteiger partial charge in [-0.15, -0.1) is 0 Å². The van der Waals surface area contributed by atoms with Crippen LogP contribution in [0.4, 0.5) is 11.4 Å². The van der Waals surface area contributed by atoms with E-state index in [4.69, 9.17) is 9.47 Å². The van der Waals surface area contributed by atoms with Crippen LogP contribution in [0.2, 0.25) is 0 Å². The number of methoxy groups -OCH3 is 3. The van der Waals surface area contributed by atoms with E-state index >= 15 is 0 Å². The Morgan fingerprint density at radius 3 is 2.33 bits per heavy atom. The summed E-state index contributed by atoms with van der Waals surface area (Å²) in [5, 5.41) is 2.99. The molecule has 0 bridgehead atoms. The molecule has 9 heteroatoms. The molecule has 0 aliphatic carbocycles. The van der Waals surface area contributed by atoms with Crippen LogP contribution in [0.15, 0.2) is 47.4 Å². The zero-order valence-corrected chi connectivity index (χ0v) is 16.1. The first-order chi connectivity index (χ1) is 12.9. The molecule has 8 nitrogen and oxygen atoms in total. The van der Waals surface area contributed by atoms with Crippen LogP contribution in [0.3, 0.4) is 0 Å². The van der Waals surface area contributed by atoms with Crippen LogP contribution in [-0.4, -0.2) is 48.9 Å². The third-order valence-electron chi connectivity index (χ3n) is 3.66. The Kier molecular flexibility index (Phi) is 7.03. The van der Waals surface area contributed by atoms with Gasteiger partial charge in [-0.25, -0.2) is 13.2 Å². The van der Waals surface area contributed by atoms with E-state index in [1.807, 2.05) is 0 Å². The van der Waals surface area contributed by atoms with Gasteiger partial charge in [-0.2, -0.15) is 0 Å². The van der Waals surface area contributed by atoms with Gasteiger partial charge in [-0.3, -0.25) is 4.72 Å². The highest BCUT2D eigenvalue weighted by Gasteiger charge is 2.21. The van der Waals surface area contributed by atoms with Gasteiger partial charge >= 0.3 is 5.97 Å². The number of carbonyl (C=O) groups excluding carboxylic acids is 1. The van der Waals surface area contributed by atoms with Crippen molar-refractivity contribution >= 4 is 27.4 Å². The van der Waals surface area contributed by atoms with Crippen LogP contribution in [0, 0.1) is 0 Å². The second-order valence-electron chi connectivity index (χ2n) is 5.46. The summed E-state index contributed by atoms with van der Waals surface area (Å²) < 4.78 is 43.0. The lowest BCUT2D eigenvalue weighted by atomic mass is 10.2. The highest BCUT2D eigenvalue weighted by atomic mass is 32.2. The van der Waals surface area contributed by atoms with E-state index in [2.05, 4.69) is 14.8 Å².